The molecule has 0 bridgehead atoms. The smallest absolute Gasteiger partial charge is 0.225 e. The van der Waals surface area contributed by atoms with Crippen molar-refractivity contribution in [2.75, 3.05) is 50.9 Å². The van der Waals surface area contributed by atoms with Gasteiger partial charge in [0.15, 0.2) is 0 Å². The van der Waals surface area contributed by atoms with Gasteiger partial charge in [0.1, 0.15) is 0 Å². The highest BCUT2D eigenvalue weighted by Crippen LogP contribution is 2.41. The number of carbonyl (C=O) groups is 1. The van der Waals surface area contributed by atoms with Crippen LogP contribution in [0.5, 0.6) is 0 Å². The van der Waals surface area contributed by atoms with Gasteiger partial charge in [-0.1, -0.05) is 0 Å². The Morgan fingerprint density at radius 2 is 2.00 bits per heavy atom. The SMILES string of the molecule is Cc1nc(N2CCOCC2)nc2c1COCC21CCN(C(=O)CC2CC2)C1. The predicted molar refractivity (Wildman–Crippen MR) is 99.7 cm³/mol. The number of carbonyl (C=O) groups excluding carboxylic acids is 1. The average Bonchev–Trinajstić information content (AvgIpc) is 3.40. The van der Waals surface area contributed by atoms with Crippen molar-refractivity contribution in [2.45, 2.75) is 44.6 Å². The van der Waals surface area contributed by atoms with Crippen LogP contribution in [0.1, 0.15) is 42.6 Å². The zero-order valence-electron chi connectivity index (χ0n) is 16.1. The molecule has 0 aromatic carbocycles. The van der Waals surface area contributed by atoms with E-state index in [1.807, 2.05) is 4.90 Å². The fourth-order valence-corrected chi connectivity index (χ4v) is 4.61. The first-order valence-electron chi connectivity index (χ1n) is 10.2. The summed E-state index contributed by atoms with van der Waals surface area (Å²) in [5.74, 6) is 1.74. The summed E-state index contributed by atoms with van der Waals surface area (Å²) in [4.78, 5) is 26.7. The van der Waals surface area contributed by atoms with Gasteiger partial charge in [-0.3, -0.25) is 4.79 Å². The molecule has 1 unspecified atom stereocenters. The van der Waals surface area contributed by atoms with Crippen LogP contribution in [0.25, 0.3) is 0 Å². The number of rotatable bonds is 3. The standard InChI is InChI=1S/C20H28N4O3/c1-14-16-11-27-13-20(4-5-24(12-20)17(25)10-15-2-3-15)18(16)22-19(21-14)23-6-8-26-9-7-23/h15H,2-13H2,1H3. The van der Waals surface area contributed by atoms with Crippen LogP contribution >= 0.6 is 0 Å². The summed E-state index contributed by atoms with van der Waals surface area (Å²) in [6, 6.07) is 0. The molecule has 146 valence electrons. The number of likely N-dealkylation sites (tertiary alicyclic amines) is 1. The van der Waals surface area contributed by atoms with E-state index in [-0.39, 0.29) is 5.41 Å². The Kier molecular flexibility index (Phi) is 4.31. The maximum absolute atomic E-state index is 12.6. The van der Waals surface area contributed by atoms with Crippen LogP contribution in [0, 0.1) is 12.8 Å². The van der Waals surface area contributed by atoms with Gasteiger partial charge in [-0.2, -0.15) is 0 Å². The van der Waals surface area contributed by atoms with Crippen LogP contribution in [0.4, 0.5) is 5.95 Å². The molecule has 1 spiro atoms. The molecule has 0 radical (unpaired) electrons. The van der Waals surface area contributed by atoms with E-state index in [1.165, 1.54) is 12.8 Å². The van der Waals surface area contributed by atoms with E-state index in [4.69, 9.17) is 19.4 Å². The van der Waals surface area contributed by atoms with Crippen molar-refractivity contribution in [3.63, 3.8) is 0 Å². The van der Waals surface area contributed by atoms with Gasteiger partial charge in [0.2, 0.25) is 11.9 Å². The third kappa shape index (κ3) is 3.21. The minimum Gasteiger partial charge on any atom is -0.378 e. The monoisotopic (exact) mass is 372 g/mol. The predicted octanol–water partition coefficient (Wildman–Crippen LogP) is 1.42. The second kappa shape index (κ2) is 6.71. The van der Waals surface area contributed by atoms with Crippen molar-refractivity contribution in [2.24, 2.45) is 5.92 Å². The van der Waals surface area contributed by atoms with Crippen molar-refractivity contribution in [3.05, 3.63) is 17.0 Å². The maximum atomic E-state index is 12.6. The molecule has 2 saturated heterocycles. The Hall–Kier alpha value is -1.73. The van der Waals surface area contributed by atoms with E-state index in [1.54, 1.807) is 0 Å². The number of anilines is 1. The van der Waals surface area contributed by atoms with E-state index in [0.717, 1.165) is 68.7 Å². The summed E-state index contributed by atoms with van der Waals surface area (Å²) < 4.78 is 11.4. The number of nitrogens with zero attached hydrogens (tertiary/aromatic N) is 4. The van der Waals surface area contributed by atoms with Gasteiger partial charge in [0.05, 0.1) is 37.5 Å². The molecular weight excluding hydrogens is 344 g/mol. The van der Waals surface area contributed by atoms with Crippen LogP contribution in [0.2, 0.25) is 0 Å². The number of hydrogen-bond acceptors (Lipinski definition) is 6. The van der Waals surface area contributed by atoms with Gasteiger partial charge in [0, 0.05) is 43.9 Å². The Bertz CT molecular complexity index is 745. The highest BCUT2D eigenvalue weighted by atomic mass is 16.5. The van der Waals surface area contributed by atoms with Crippen molar-refractivity contribution >= 4 is 11.9 Å². The zero-order valence-corrected chi connectivity index (χ0v) is 16.1. The summed E-state index contributed by atoms with van der Waals surface area (Å²) >= 11 is 0. The van der Waals surface area contributed by atoms with Crippen molar-refractivity contribution in [3.8, 4) is 0 Å². The lowest BCUT2D eigenvalue weighted by atomic mass is 9.80. The molecule has 1 aromatic heterocycles. The fourth-order valence-electron chi connectivity index (χ4n) is 4.61. The second-order valence-electron chi connectivity index (χ2n) is 8.52. The first-order valence-corrected chi connectivity index (χ1v) is 10.2. The lowest BCUT2D eigenvalue weighted by Gasteiger charge is -2.36. The van der Waals surface area contributed by atoms with Crippen molar-refractivity contribution in [1.82, 2.24) is 14.9 Å². The highest BCUT2D eigenvalue weighted by Gasteiger charge is 2.47. The minimum atomic E-state index is -0.179. The molecule has 27 heavy (non-hydrogen) atoms. The number of morpholine rings is 1. The van der Waals surface area contributed by atoms with Gasteiger partial charge >= 0.3 is 0 Å². The van der Waals surface area contributed by atoms with Gasteiger partial charge in [-0.05, 0) is 32.1 Å². The number of aryl methyl sites for hydroxylation is 1. The van der Waals surface area contributed by atoms with E-state index in [0.29, 0.717) is 31.5 Å². The molecule has 4 heterocycles. The first-order chi connectivity index (χ1) is 13.1. The minimum absolute atomic E-state index is 0.179. The largest absolute Gasteiger partial charge is 0.378 e. The van der Waals surface area contributed by atoms with Gasteiger partial charge < -0.3 is 19.3 Å². The Morgan fingerprint density at radius 3 is 2.78 bits per heavy atom. The molecule has 1 amide bonds. The maximum Gasteiger partial charge on any atom is 0.225 e. The van der Waals surface area contributed by atoms with Crippen LogP contribution in [-0.2, 0) is 26.3 Å². The van der Waals surface area contributed by atoms with E-state index in [9.17, 15) is 4.79 Å². The first kappa shape index (κ1) is 17.4. The van der Waals surface area contributed by atoms with Gasteiger partial charge in [0.25, 0.3) is 0 Å². The van der Waals surface area contributed by atoms with Crippen LogP contribution in [0.3, 0.4) is 0 Å². The summed E-state index contributed by atoms with van der Waals surface area (Å²) in [6.07, 6.45) is 4.07. The Balaban J connectivity index is 1.44. The molecule has 7 nitrogen and oxygen atoms in total. The van der Waals surface area contributed by atoms with Crippen LogP contribution in [0.15, 0.2) is 0 Å². The van der Waals surface area contributed by atoms with E-state index >= 15 is 0 Å². The summed E-state index contributed by atoms with van der Waals surface area (Å²) in [7, 11) is 0. The normalized spacial score (nSPS) is 27.9. The third-order valence-electron chi connectivity index (χ3n) is 6.49. The van der Waals surface area contributed by atoms with Gasteiger partial charge in [-0.25, -0.2) is 9.97 Å². The van der Waals surface area contributed by atoms with E-state index < -0.39 is 0 Å². The molecule has 1 aromatic rings. The lowest BCUT2D eigenvalue weighted by molar-refractivity contribution is -0.130. The topological polar surface area (TPSA) is 67.8 Å². The molecular formula is C20H28N4O3. The van der Waals surface area contributed by atoms with Crippen molar-refractivity contribution < 1.29 is 14.3 Å². The Labute approximate surface area is 160 Å². The third-order valence-corrected chi connectivity index (χ3v) is 6.49. The number of ether oxygens (including phenoxy) is 2. The van der Waals surface area contributed by atoms with Gasteiger partial charge in [-0.15, -0.1) is 0 Å². The van der Waals surface area contributed by atoms with Crippen molar-refractivity contribution in [1.29, 1.82) is 0 Å². The Morgan fingerprint density at radius 1 is 1.19 bits per heavy atom. The molecule has 0 N–H and O–H groups in total. The summed E-state index contributed by atoms with van der Waals surface area (Å²) in [5.41, 5.74) is 3.06. The van der Waals surface area contributed by atoms with Crippen LogP contribution in [-0.4, -0.2) is 66.8 Å². The average molecular weight is 372 g/mol. The van der Waals surface area contributed by atoms with E-state index in [2.05, 4.69) is 11.8 Å². The number of aromatic nitrogens is 2. The van der Waals surface area contributed by atoms with Crippen LogP contribution < -0.4 is 4.90 Å². The molecule has 1 saturated carbocycles. The molecule has 1 aliphatic carbocycles. The number of amides is 1. The molecule has 3 aliphatic heterocycles. The molecule has 3 fully saturated rings. The molecule has 4 aliphatic rings. The molecule has 5 rings (SSSR count). The highest BCUT2D eigenvalue weighted by molar-refractivity contribution is 5.77. The molecule has 1 atom stereocenters. The molecule has 7 heteroatoms. The summed E-state index contributed by atoms with van der Waals surface area (Å²) in [5, 5.41) is 0. The zero-order chi connectivity index (χ0) is 18.4. The number of hydrogen-bond donors (Lipinski definition) is 0. The lowest BCUT2D eigenvalue weighted by Crippen LogP contribution is -2.43. The second-order valence-corrected chi connectivity index (χ2v) is 8.52. The number of fused-ring (bicyclic) bond motifs is 2. The fraction of sp³-hybridized carbons (Fsp3) is 0.750. The summed E-state index contributed by atoms with van der Waals surface area (Å²) in [6.45, 7) is 7.90. The quantitative estimate of drug-likeness (QED) is 0.799.